The Bertz CT molecular complexity index is 428. The number of hydrogen-bond donors (Lipinski definition) is 1. The van der Waals surface area contributed by atoms with Crippen molar-refractivity contribution in [2.24, 2.45) is 5.92 Å². The molecule has 1 unspecified atom stereocenters. The number of nitrogen functional groups attached to an aromatic ring is 1. The lowest BCUT2D eigenvalue weighted by Gasteiger charge is -2.18. The number of amides is 1. The quantitative estimate of drug-likeness (QED) is 0.796. The van der Waals surface area contributed by atoms with Gasteiger partial charge in [0, 0.05) is 18.8 Å². The van der Waals surface area contributed by atoms with Gasteiger partial charge >= 0.3 is 0 Å². The van der Waals surface area contributed by atoms with E-state index in [1.54, 1.807) is 0 Å². The number of anilines is 1. The SMILES string of the molecule is CCC1CCN(C(=O)c2cccc(C)c2N)C1. The van der Waals surface area contributed by atoms with Crippen LogP contribution in [0.2, 0.25) is 0 Å². The van der Waals surface area contributed by atoms with E-state index in [1.807, 2.05) is 30.0 Å². The minimum Gasteiger partial charge on any atom is -0.398 e. The smallest absolute Gasteiger partial charge is 0.255 e. The van der Waals surface area contributed by atoms with E-state index in [0.29, 0.717) is 17.2 Å². The molecule has 3 nitrogen and oxygen atoms in total. The minimum absolute atomic E-state index is 0.0853. The number of rotatable bonds is 2. The van der Waals surface area contributed by atoms with E-state index in [9.17, 15) is 4.79 Å². The fraction of sp³-hybridized carbons (Fsp3) is 0.500. The first-order valence-corrected chi connectivity index (χ1v) is 6.27. The van der Waals surface area contributed by atoms with Crippen LogP contribution in [0.1, 0.15) is 35.7 Å². The monoisotopic (exact) mass is 232 g/mol. The Morgan fingerprint density at radius 3 is 2.94 bits per heavy atom. The van der Waals surface area contributed by atoms with Crippen LogP contribution in [0.15, 0.2) is 18.2 Å². The second-order valence-electron chi connectivity index (χ2n) is 4.85. The van der Waals surface area contributed by atoms with Crippen molar-refractivity contribution < 1.29 is 4.79 Å². The van der Waals surface area contributed by atoms with Gasteiger partial charge in [-0.05, 0) is 30.9 Å². The lowest BCUT2D eigenvalue weighted by atomic mass is 10.1. The molecule has 0 aromatic heterocycles. The van der Waals surface area contributed by atoms with E-state index < -0.39 is 0 Å². The first kappa shape index (κ1) is 12.0. The van der Waals surface area contributed by atoms with Gasteiger partial charge in [0.05, 0.1) is 5.56 Å². The van der Waals surface area contributed by atoms with E-state index in [2.05, 4.69) is 6.92 Å². The first-order chi connectivity index (χ1) is 8.13. The fourth-order valence-corrected chi connectivity index (χ4v) is 2.39. The maximum absolute atomic E-state index is 12.3. The number of aryl methyl sites for hydroxylation is 1. The van der Waals surface area contributed by atoms with Crippen molar-refractivity contribution in [1.82, 2.24) is 4.90 Å². The van der Waals surface area contributed by atoms with Crippen molar-refractivity contribution in [2.75, 3.05) is 18.8 Å². The van der Waals surface area contributed by atoms with Crippen LogP contribution in [-0.4, -0.2) is 23.9 Å². The predicted octanol–water partition coefficient (Wildman–Crippen LogP) is 2.45. The van der Waals surface area contributed by atoms with Crippen LogP contribution in [-0.2, 0) is 0 Å². The number of carbonyl (C=O) groups is 1. The minimum atomic E-state index is 0.0853. The van der Waals surface area contributed by atoms with Crippen LogP contribution in [0.3, 0.4) is 0 Å². The van der Waals surface area contributed by atoms with Crippen LogP contribution in [0.25, 0.3) is 0 Å². The molecule has 2 rings (SSSR count). The summed E-state index contributed by atoms with van der Waals surface area (Å²) in [6, 6.07) is 5.65. The van der Waals surface area contributed by atoms with Gasteiger partial charge < -0.3 is 10.6 Å². The molecule has 3 heteroatoms. The summed E-state index contributed by atoms with van der Waals surface area (Å²) < 4.78 is 0. The summed E-state index contributed by atoms with van der Waals surface area (Å²) >= 11 is 0. The summed E-state index contributed by atoms with van der Waals surface area (Å²) in [5.74, 6) is 0.743. The maximum Gasteiger partial charge on any atom is 0.255 e. The summed E-state index contributed by atoms with van der Waals surface area (Å²) in [5.41, 5.74) is 8.22. The molecule has 0 aliphatic carbocycles. The molecule has 0 bridgehead atoms. The molecule has 1 aromatic carbocycles. The lowest BCUT2D eigenvalue weighted by molar-refractivity contribution is 0.0788. The Hall–Kier alpha value is -1.51. The largest absolute Gasteiger partial charge is 0.398 e. The third-order valence-electron chi connectivity index (χ3n) is 3.70. The summed E-state index contributed by atoms with van der Waals surface area (Å²) in [5, 5.41) is 0. The molecule has 0 radical (unpaired) electrons. The lowest BCUT2D eigenvalue weighted by Crippen LogP contribution is -2.29. The molecule has 0 saturated carbocycles. The standard InChI is InChI=1S/C14H20N2O/c1-3-11-7-8-16(9-11)14(17)12-6-4-5-10(2)13(12)15/h4-6,11H,3,7-9,15H2,1-2H3. The topological polar surface area (TPSA) is 46.3 Å². The number of nitrogens with two attached hydrogens (primary N) is 1. The average Bonchev–Trinajstić information content (AvgIpc) is 2.80. The van der Waals surface area contributed by atoms with Gasteiger partial charge in [-0.2, -0.15) is 0 Å². The second kappa shape index (κ2) is 4.78. The van der Waals surface area contributed by atoms with Crippen molar-refractivity contribution in [3.63, 3.8) is 0 Å². The predicted molar refractivity (Wildman–Crippen MR) is 69.9 cm³/mol. The van der Waals surface area contributed by atoms with Crippen LogP contribution < -0.4 is 5.73 Å². The van der Waals surface area contributed by atoms with E-state index in [0.717, 1.165) is 31.5 Å². The van der Waals surface area contributed by atoms with Gasteiger partial charge in [-0.3, -0.25) is 4.79 Å². The molecule has 92 valence electrons. The van der Waals surface area contributed by atoms with Gasteiger partial charge in [0.15, 0.2) is 0 Å². The number of likely N-dealkylation sites (tertiary alicyclic amines) is 1. The summed E-state index contributed by atoms with van der Waals surface area (Å²) in [6.07, 6.45) is 2.26. The van der Waals surface area contributed by atoms with Crippen molar-refractivity contribution in [3.8, 4) is 0 Å². The van der Waals surface area contributed by atoms with Crippen molar-refractivity contribution in [3.05, 3.63) is 29.3 Å². The van der Waals surface area contributed by atoms with Crippen LogP contribution in [0.5, 0.6) is 0 Å². The zero-order valence-corrected chi connectivity index (χ0v) is 10.6. The Kier molecular flexibility index (Phi) is 3.36. The Morgan fingerprint density at radius 2 is 2.29 bits per heavy atom. The summed E-state index contributed by atoms with van der Waals surface area (Å²) in [6.45, 7) is 5.86. The van der Waals surface area contributed by atoms with Gasteiger partial charge in [0.1, 0.15) is 0 Å². The number of benzene rings is 1. The molecule has 1 fully saturated rings. The highest BCUT2D eigenvalue weighted by Crippen LogP contribution is 2.24. The molecule has 17 heavy (non-hydrogen) atoms. The molecule has 2 N–H and O–H groups in total. The van der Waals surface area contributed by atoms with Gasteiger partial charge in [0.25, 0.3) is 5.91 Å². The highest BCUT2D eigenvalue weighted by Gasteiger charge is 2.26. The molecule has 1 amide bonds. The summed E-state index contributed by atoms with van der Waals surface area (Å²) in [7, 11) is 0. The van der Waals surface area contributed by atoms with Gasteiger partial charge in [-0.25, -0.2) is 0 Å². The molecular weight excluding hydrogens is 212 g/mol. The Labute approximate surface area is 103 Å². The third-order valence-corrected chi connectivity index (χ3v) is 3.70. The van der Waals surface area contributed by atoms with Crippen molar-refractivity contribution >= 4 is 11.6 Å². The fourth-order valence-electron chi connectivity index (χ4n) is 2.39. The van der Waals surface area contributed by atoms with Crippen LogP contribution in [0.4, 0.5) is 5.69 Å². The normalized spacial score (nSPS) is 19.6. The number of para-hydroxylation sites is 1. The Morgan fingerprint density at radius 1 is 1.53 bits per heavy atom. The molecule has 1 aliphatic heterocycles. The van der Waals surface area contributed by atoms with E-state index in [1.165, 1.54) is 0 Å². The Balaban J connectivity index is 2.18. The number of carbonyl (C=O) groups excluding carboxylic acids is 1. The average molecular weight is 232 g/mol. The molecule has 1 saturated heterocycles. The highest BCUT2D eigenvalue weighted by molar-refractivity contribution is 5.99. The second-order valence-corrected chi connectivity index (χ2v) is 4.85. The summed E-state index contributed by atoms with van der Waals surface area (Å²) in [4.78, 5) is 14.3. The molecule has 1 heterocycles. The molecule has 0 spiro atoms. The van der Waals surface area contributed by atoms with E-state index in [-0.39, 0.29) is 5.91 Å². The van der Waals surface area contributed by atoms with Gasteiger partial charge in [-0.15, -0.1) is 0 Å². The first-order valence-electron chi connectivity index (χ1n) is 6.27. The molecule has 1 aliphatic rings. The van der Waals surface area contributed by atoms with Crippen molar-refractivity contribution in [1.29, 1.82) is 0 Å². The van der Waals surface area contributed by atoms with Gasteiger partial charge in [0.2, 0.25) is 0 Å². The van der Waals surface area contributed by atoms with E-state index >= 15 is 0 Å². The molecular formula is C14H20N2O. The van der Waals surface area contributed by atoms with Crippen LogP contribution in [0, 0.1) is 12.8 Å². The highest BCUT2D eigenvalue weighted by atomic mass is 16.2. The molecule has 1 aromatic rings. The zero-order chi connectivity index (χ0) is 12.4. The third kappa shape index (κ3) is 2.28. The number of nitrogens with zero attached hydrogens (tertiary/aromatic N) is 1. The number of hydrogen-bond acceptors (Lipinski definition) is 2. The maximum atomic E-state index is 12.3. The molecule has 1 atom stereocenters. The van der Waals surface area contributed by atoms with Crippen molar-refractivity contribution in [2.45, 2.75) is 26.7 Å². The zero-order valence-electron chi connectivity index (χ0n) is 10.6. The van der Waals surface area contributed by atoms with Crippen LogP contribution >= 0.6 is 0 Å². The van der Waals surface area contributed by atoms with Gasteiger partial charge in [-0.1, -0.05) is 25.5 Å². The van der Waals surface area contributed by atoms with E-state index in [4.69, 9.17) is 5.73 Å².